The number of halogens is 7. The molecule has 0 aromatic heterocycles. The van der Waals surface area contributed by atoms with Crippen LogP contribution in [0.5, 0.6) is 0 Å². The Kier molecular flexibility index (Phi) is 4.85. The predicted molar refractivity (Wildman–Crippen MR) is 56.7 cm³/mol. The lowest BCUT2D eigenvalue weighted by molar-refractivity contribution is -0.144. The molecule has 9 heteroatoms. The summed E-state index contributed by atoms with van der Waals surface area (Å²) in [5.41, 5.74) is -4.79. The summed E-state index contributed by atoms with van der Waals surface area (Å²) in [5, 5.41) is 0. The standard InChI is InChI=1S/C12H9F7O2/c1-2-21-10(20)5-7-8(12(17,18)19)3-6(4-9(7)13)11(14,15)16/h3-4H,2,5H2,1H3. The van der Waals surface area contributed by atoms with Crippen LogP contribution in [0.2, 0.25) is 0 Å². The maximum absolute atomic E-state index is 13.6. The molecule has 118 valence electrons. The Hall–Kier alpha value is -1.80. The highest BCUT2D eigenvalue weighted by Crippen LogP contribution is 2.38. The Morgan fingerprint density at radius 3 is 2.10 bits per heavy atom. The number of esters is 1. The predicted octanol–water partition coefficient (Wildman–Crippen LogP) is 3.97. The number of hydrogen-bond donors (Lipinski definition) is 0. The molecular weight excluding hydrogens is 309 g/mol. The van der Waals surface area contributed by atoms with Crippen LogP contribution in [0.3, 0.4) is 0 Å². The minimum absolute atomic E-state index is 0.0796. The monoisotopic (exact) mass is 318 g/mol. The van der Waals surface area contributed by atoms with E-state index in [-0.39, 0.29) is 18.7 Å². The summed E-state index contributed by atoms with van der Waals surface area (Å²) in [6, 6.07) is -0.304. The third-order valence-electron chi connectivity index (χ3n) is 2.45. The van der Waals surface area contributed by atoms with Gasteiger partial charge in [0.05, 0.1) is 24.2 Å². The van der Waals surface area contributed by atoms with Gasteiger partial charge in [-0.05, 0) is 19.1 Å². The van der Waals surface area contributed by atoms with Gasteiger partial charge < -0.3 is 4.74 Å². The summed E-state index contributed by atoms with van der Waals surface area (Å²) in [6.07, 6.45) is -11.5. The minimum atomic E-state index is -5.23. The first kappa shape index (κ1) is 17.3. The van der Waals surface area contributed by atoms with E-state index in [2.05, 4.69) is 4.74 Å². The van der Waals surface area contributed by atoms with Crippen LogP contribution in [0, 0.1) is 5.82 Å². The second kappa shape index (κ2) is 5.90. The van der Waals surface area contributed by atoms with E-state index in [1.165, 1.54) is 6.92 Å². The van der Waals surface area contributed by atoms with E-state index in [1.54, 1.807) is 0 Å². The zero-order chi connectivity index (χ0) is 16.4. The van der Waals surface area contributed by atoms with Gasteiger partial charge in [0.1, 0.15) is 5.82 Å². The van der Waals surface area contributed by atoms with Crippen molar-refractivity contribution in [1.82, 2.24) is 0 Å². The molecule has 1 aromatic rings. The molecule has 21 heavy (non-hydrogen) atoms. The molecule has 0 aliphatic rings. The lowest BCUT2D eigenvalue weighted by Gasteiger charge is -2.16. The van der Waals surface area contributed by atoms with Gasteiger partial charge in [-0.15, -0.1) is 0 Å². The number of carbonyl (C=O) groups excluding carboxylic acids is 1. The Morgan fingerprint density at radius 1 is 1.10 bits per heavy atom. The van der Waals surface area contributed by atoms with Gasteiger partial charge in [-0.25, -0.2) is 4.39 Å². The Morgan fingerprint density at radius 2 is 1.67 bits per heavy atom. The molecule has 0 aliphatic heterocycles. The Labute approximate surface area is 114 Å². The van der Waals surface area contributed by atoms with Gasteiger partial charge in [-0.3, -0.25) is 4.79 Å². The van der Waals surface area contributed by atoms with Crippen molar-refractivity contribution in [2.24, 2.45) is 0 Å². The summed E-state index contributed by atoms with van der Waals surface area (Å²) < 4.78 is 93.5. The average molecular weight is 318 g/mol. The SMILES string of the molecule is CCOC(=O)Cc1c(F)cc(C(F)(F)F)cc1C(F)(F)F. The van der Waals surface area contributed by atoms with Crippen LogP contribution in [-0.2, 0) is 28.3 Å². The zero-order valence-corrected chi connectivity index (χ0v) is 10.5. The molecule has 1 aromatic carbocycles. The molecule has 0 saturated carbocycles. The largest absolute Gasteiger partial charge is 0.466 e. The van der Waals surface area contributed by atoms with Crippen molar-refractivity contribution in [2.45, 2.75) is 25.7 Å². The van der Waals surface area contributed by atoms with Gasteiger partial charge in [-0.2, -0.15) is 26.3 Å². The summed E-state index contributed by atoms with van der Waals surface area (Å²) in [7, 11) is 0. The smallest absolute Gasteiger partial charge is 0.416 e. The van der Waals surface area contributed by atoms with Gasteiger partial charge in [0.15, 0.2) is 0 Å². The van der Waals surface area contributed by atoms with Crippen molar-refractivity contribution in [3.8, 4) is 0 Å². The van der Waals surface area contributed by atoms with E-state index >= 15 is 0 Å². The summed E-state index contributed by atoms with van der Waals surface area (Å²) in [4.78, 5) is 11.1. The number of alkyl halides is 6. The lowest BCUT2D eigenvalue weighted by Crippen LogP contribution is -2.18. The average Bonchev–Trinajstić information content (AvgIpc) is 2.28. The molecule has 0 N–H and O–H groups in total. The van der Waals surface area contributed by atoms with E-state index in [0.717, 1.165) is 0 Å². The van der Waals surface area contributed by atoms with Gasteiger partial charge in [0, 0.05) is 5.56 Å². The third kappa shape index (κ3) is 4.33. The summed E-state index contributed by atoms with van der Waals surface area (Å²) in [6.45, 7) is 1.23. The molecule has 0 saturated heterocycles. The van der Waals surface area contributed by atoms with Crippen LogP contribution < -0.4 is 0 Å². The molecule has 0 spiro atoms. The normalized spacial score (nSPS) is 12.4. The van der Waals surface area contributed by atoms with Gasteiger partial charge in [0.25, 0.3) is 0 Å². The molecule has 0 amide bonds. The highest BCUT2D eigenvalue weighted by atomic mass is 19.4. The fourth-order valence-electron chi connectivity index (χ4n) is 1.59. The maximum Gasteiger partial charge on any atom is 0.416 e. The molecular formula is C12H9F7O2. The Bertz CT molecular complexity index is 532. The number of ether oxygens (including phenoxy) is 1. The second-order valence-electron chi connectivity index (χ2n) is 3.96. The lowest BCUT2D eigenvalue weighted by atomic mass is 9.99. The highest BCUT2D eigenvalue weighted by molar-refractivity contribution is 5.73. The number of rotatable bonds is 3. The number of hydrogen-bond acceptors (Lipinski definition) is 2. The molecule has 0 heterocycles. The molecule has 0 unspecified atom stereocenters. The minimum Gasteiger partial charge on any atom is -0.466 e. The van der Waals surface area contributed by atoms with E-state index in [0.29, 0.717) is 0 Å². The van der Waals surface area contributed by atoms with Crippen LogP contribution in [0.25, 0.3) is 0 Å². The van der Waals surface area contributed by atoms with E-state index in [1.807, 2.05) is 0 Å². The first-order valence-electron chi connectivity index (χ1n) is 5.59. The van der Waals surface area contributed by atoms with Crippen LogP contribution in [-0.4, -0.2) is 12.6 Å². The van der Waals surface area contributed by atoms with Gasteiger partial charge in [-0.1, -0.05) is 0 Å². The molecule has 0 radical (unpaired) electrons. The first-order chi connectivity index (χ1) is 9.46. The van der Waals surface area contributed by atoms with Crippen LogP contribution in [0.15, 0.2) is 12.1 Å². The molecule has 1 rings (SSSR count). The van der Waals surface area contributed by atoms with E-state index in [4.69, 9.17) is 0 Å². The summed E-state index contributed by atoms with van der Waals surface area (Å²) >= 11 is 0. The quantitative estimate of drug-likeness (QED) is 0.623. The van der Waals surface area contributed by atoms with Crippen molar-refractivity contribution >= 4 is 5.97 Å². The fourth-order valence-corrected chi connectivity index (χ4v) is 1.59. The molecule has 0 aliphatic carbocycles. The number of carbonyl (C=O) groups is 1. The van der Waals surface area contributed by atoms with Crippen LogP contribution in [0.1, 0.15) is 23.6 Å². The maximum atomic E-state index is 13.6. The topological polar surface area (TPSA) is 26.3 Å². The molecule has 0 bridgehead atoms. The fraction of sp³-hybridized carbons (Fsp3) is 0.417. The number of benzene rings is 1. The van der Waals surface area contributed by atoms with Crippen LogP contribution in [0.4, 0.5) is 30.7 Å². The van der Waals surface area contributed by atoms with Gasteiger partial charge >= 0.3 is 18.3 Å². The zero-order valence-electron chi connectivity index (χ0n) is 10.5. The highest BCUT2D eigenvalue weighted by Gasteiger charge is 2.40. The van der Waals surface area contributed by atoms with Crippen molar-refractivity contribution in [2.75, 3.05) is 6.61 Å². The third-order valence-corrected chi connectivity index (χ3v) is 2.45. The molecule has 2 nitrogen and oxygen atoms in total. The van der Waals surface area contributed by atoms with Crippen molar-refractivity contribution < 1.29 is 40.3 Å². The molecule has 0 atom stereocenters. The first-order valence-corrected chi connectivity index (χ1v) is 5.59. The van der Waals surface area contributed by atoms with Crippen molar-refractivity contribution in [3.63, 3.8) is 0 Å². The molecule has 0 fully saturated rings. The van der Waals surface area contributed by atoms with E-state index < -0.39 is 47.3 Å². The van der Waals surface area contributed by atoms with Crippen molar-refractivity contribution in [1.29, 1.82) is 0 Å². The van der Waals surface area contributed by atoms with Crippen LogP contribution >= 0.6 is 0 Å². The van der Waals surface area contributed by atoms with Gasteiger partial charge in [0.2, 0.25) is 0 Å². The Balaban J connectivity index is 3.39. The second-order valence-corrected chi connectivity index (χ2v) is 3.96. The van der Waals surface area contributed by atoms with E-state index in [9.17, 15) is 35.5 Å². The summed E-state index contributed by atoms with van der Waals surface area (Å²) in [5.74, 6) is -2.92. The van der Waals surface area contributed by atoms with Crippen molar-refractivity contribution in [3.05, 3.63) is 34.6 Å².